The molecular weight excluding hydrogens is 228 g/mol. The normalized spacial score (nSPS) is 14.7. The molecule has 1 rings (SSSR count). The Morgan fingerprint density at radius 3 is 2.81 bits per heavy atom. The molecule has 1 heterocycles. The Balaban J connectivity index is 2.60. The molecular formula is C9H16N4O2S. The first kappa shape index (κ1) is 13.0. The van der Waals surface area contributed by atoms with Crippen molar-refractivity contribution >= 4 is 17.7 Å². The molecule has 0 aliphatic carbocycles. The summed E-state index contributed by atoms with van der Waals surface area (Å²) in [6, 6.07) is -0.263. The highest BCUT2D eigenvalue weighted by atomic mass is 32.2. The third-order valence-corrected chi connectivity index (χ3v) is 3.14. The zero-order valence-corrected chi connectivity index (χ0v) is 10.2. The van der Waals surface area contributed by atoms with Gasteiger partial charge in [0.05, 0.1) is 11.8 Å². The van der Waals surface area contributed by atoms with Gasteiger partial charge in [-0.3, -0.25) is 4.79 Å². The molecule has 0 bridgehead atoms. The maximum atomic E-state index is 10.6. The molecule has 1 aromatic heterocycles. The molecule has 0 spiro atoms. The van der Waals surface area contributed by atoms with Crippen molar-refractivity contribution in [3.8, 4) is 0 Å². The number of primary amides is 1. The van der Waals surface area contributed by atoms with Crippen LogP contribution in [0.25, 0.3) is 0 Å². The lowest BCUT2D eigenvalue weighted by Crippen LogP contribution is -2.18. The molecule has 0 aromatic carbocycles. The number of rotatable bonds is 6. The summed E-state index contributed by atoms with van der Waals surface area (Å²) in [5.41, 5.74) is 10.9. The second-order valence-corrected chi connectivity index (χ2v) is 4.50. The van der Waals surface area contributed by atoms with Crippen molar-refractivity contribution in [3.63, 3.8) is 0 Å². The number of hydrogen-bond acceptors (Lipinski definition) is 6. The first-order chi connectivity index (χ1) is 7.54. The number of hydrogen-bond donors (Lipinski definition) is 2. The zero-order chi connectivity index (χ0) is 12.1. The summed E-state index contributed by atoms with van der Waals surface area (Å²) in [7, 11) is 0. The Hall–Kier alpha value is -1.08. The molecule has 0 radical (unpaired) electrons. The topological polar surface area (TPSA) is 108 Å². The van der Waals surface area contributed by atoms with Gasteiger partial charge in [-0.15, -0.1) is 10.2 Å². The third-order valence-electron chi connectivity index (χ3n) is 2.30. The van der Waals surface area contributed by atoms with Crippen molar-refractivity contribution < 1.29 is 9.21 Å². The van der Waals surface area contributed by atoms with E-state index >= 15 is 0 Å². The highest BCUT2D eigenvalue weighted by Gasteiger charge is 2.19. The van der Waals surface area contributed by atoms with Crippen LogP contribution in [0.3, 0.4) is 0 Å². The van der Waals surface area contributed by atoms with E-state index < -0.39 is 5.91 Å². The molecule has 7 heteroatoms. The van der Waals surface area contributed by atoms with Crippen LogP contribution in [0.5, 0.6) is 0 Å². The Labute approximate surface area is 98.2 Å². The van der Waals surface area contributed by atoms with Crippen molar-refractivity contribution in [3.05, 3.63) is 5.89 Å². The van der Waals surface area contributed by atoms with Crippen LogP contribution in [-0.4, -0.2) is 21.9 Å². The fourth-order valence-electron chi connectivity index (χ4n) is 1.04. The number of carbonyl (C=O) groups excluding carboxylic acids is 1. The van der Waals surface area contributed by atoms with Crippen LogP contribution in [0.4, 0.5) is 0 Å². The summed E-state index contributed by atoms with van der Waals surface area (Å²) in [6.07, 6.45) is 0.938. The number of nitrogens with two attached hydrogens (primary N) is 2. The SMILES string of the molecule is CC[C@H](C)[C@H](N)c1nnc(SCC(N)=O)o1. The summed E-state index contributed by atoms with van der Waals surface area (Å²) in [4.78, 5) is 10.6. The molecule has 1 aromatic rings. The van der Waals surface area contributed by atoms with E-state index in [1.54, 1.807) is 0 Å². The minimum atomic E-state index is -0.420. The molecule has 0 fully saturated rings. The van der Waals surface area contributed by atoms with Crippen molar-refractivity contribution in [2.24, 2.45) is 17.4 Å². The molecule has 0 unspecified atom stereocenters. The summed E-state index contributed by atoms with van der Waals surface area (Å²) in [5, 5.41) is 7.96. The summed E-state index contributed by atoms with van der Waals surface area (Å²) < 4.78 is 5.33. The Kier molecular flexibility index (Phi) is 4.75. The predicted molar refractivity (Wildman–Crippen MR) is 60.6 cm³/mol. The molecule has 0 saturated carbocycles. The van der Waals surface area contributed by atoms with Crippen molar-refractivity contribution in [1.82, 2.24) is 10.2 Å². The van der Waals surface area contributed by atoms with Gasteiger partial charge in [0.2, 0.25) is 11.8 Å². The van der Waals surface area contributed by atoms with Crippen molar-refractivity contribution in [2.45, 2.75) is 31.5 Å². The van der Waals surface area contributed by atoms with Crippen molar-refractivity contribution in [2.75, 3.05) is 5.75 Å². The van der Waals surface area contributed by atoms with Crippen LogP contribution in [0.2, 0.25) is 0 Å². The van der Waals surface area contributed by atoms with Gasteiger partial charge >= 0.3 is 0 Å². The Morgan fingerprint density at radius 1 is 1.56 bits per heavy atom. The molecule has 0 aliphatic heterocycles. The first-order valence-electron chi connectivity index (χ1n) is 5.04. The van der Waals surface area contributed by atoms with Gasteiger partial charge in [-0.1, -0.05) is 32.0 Å². The van der Waals surface area contributed by atoms with Gasteiger partial charge in [0, 0.05) is 0 Å². The third kappa shape index (κ3) is 3.49. The molecule has 6 nitrogen and oxygen atoms in total. The number of carbonyl (C=O) groups is 1. The Morgan fingerprint density at radius 2 is 2.25 bits per heavy atom. The lowest BCUT2D eigenvalue weighted by atomic mass is 10.0. The summed E-state index contributed by atoms with van der Waals surface area (Å²) in [6.45, 7) is 4.06. The molecule has 0 saturated heterocycles. The average Bonchev–Trinajstić information content (AvgIpc) is 2.72. The standard InChI is InChI=1S/C9H16N4O2S/c1-3-5(2)7(11)8-12-13-9(15-8)16-4-6(10)14/h5,7H,3-4,11H2,1-2H3,(H2,10,14)/t5-,7-/m0/s1. The van der Waals surface area contributed by atoms with Crippen LogP contribution >= 0.6 is 11.8 Å². The van der Waals surface area contributed by atoms with Crippen LogP contribution < -0.4 is 11.5 Å². The van der Waals surface area contributed by atoms with Crippen LogP contribution in [0.1, 0.15) is 32.2 Å². The second kappa shape index (κ2) is 5.86. The van der Waals surface area contributed by atoms with E-state index in [1.165, 1.54) is 0 Å². The predicted octanol–water partition coefficient (Wildman–Crippen LogP) is 0.693. The molecule has 0 aliphatic rings. The monoisotopic (exact) mass is 244 g/mol. The highest BCUT2D eigenvalue weighted by Crippen LogP contribution is 2.23. The number of nitrogens with zero attached hydrogens (tertiary/aromatic N) is 2. The van der Waals surface area contributed by atoms with E-state index in [9.17, 15) is 4.79 Å². The number of thioether (sulfide) groups is 1. The van der Waals surface area contributed by atoms with Gasteiger partial charge in [0.15, 0.2) is 0 Å². The molecule has 90 valence electrons. The zero-order valence-electron chi connectivity index (χ0n) is 9.34. The van der Waals surface area contributed by atoms with Gasteiger partial charge < -0.3 is 15.9 Å². The van der Waals surface area contributed by atoms with E-state index in [4.69, 9.17) is 15.9 Å². The van der Waals surface area contributed by atoms with E-state index in [0.29, 0.717) is 11.1 Å². The van der Waals surface area contributed by atoms with Gasteiger partial charge in [-0.05, 0) is 5.92 Å². The van der Waals surface area contributed by atoms with E-state index in [-0.39, 0.29) is 17.7 Å². The maximum absolute atomic E-state index is 10.6. The van der Waals surface area contributed by atoms with Gasteiger partial charge in [-0.2, -0.15) is 0 Å². The molecule has 1 amide bonds. The Bertz CT molecular complexity index is 355. The highest BCUT2D eigenvalue weighted by molar-refractivity contribution is 7.99. The lowest BCUT2D eigenvalue weighted by molar-refractivity contribution is -0.115. The fourth-order valence-corrected chi connectivity index (χ4v) is 1.55. The minimum absolute atomic E-state index is 0.125. The first-order valence-corrected chi connectivity index (χ1v) is 6.03. The van der Waals surface area contributed by atoms with Gasteiger partial charge in [0.25, 0.3) is 5.22 Å². The fraction of sp³-hybridized carbons (Fsp3) is 0.667. The maximum Gasteiger partial charge on any atom is 0.277 e. The lowest BCUT2D eigenvalue weighted by Gasteiger charge is -2.13. The molecule has 2 atom stereocenters. The van der Waals surface area contributed by atoms with Gasteiger partial charge in [-0.25, -0.2) is 0 Å². The van der Waals surface area contributed by atoms with Crippen LogP contribution in [-0.2, 0) is 4.79 Å². The quantitative estimate of drug-likeness (QED) is 0.713. The van der Waals surface area contributed by atoms with E-state index in [2.05, 4.69) is 10.2 Å². The molecule has 4 N–H and O–H groups in total. The van der Waals surface area contributed by atoms with Crippen LogP contribution in [0.15, 0.2) is 9.64 Å². The van der Waals surface area contributed by atoms with Crippen LogP contribution in [0, 0.1) is 5.92 Å². The summed E-state index contributed by atoms with van der Waals surface area (Å²) >= 11 is 1.12. The summed E-state index contributed by atoms with van der Waals surface area (Å²) in [5.74, 6) is 0.381. The smallest absolute Gasteiger partial charge is 0.277 e. The minimum Gasteiger partial charge on any atom is -0.414 e. The van der Waals surface area contributed by atoms with E-state index in [0.717, 1.165) is 18.2 Å². The second-order valence-electron chi connectivity index (χ2n) is 3.57. The van der Waals surface area contributed by atoms with Gasteiger partial charge in [0.1, 0.15) is 0 Å². The van der Waals surface area contributed by atoms with Crippen molar-refractivity contribution in [1.29, 1.82) is 0 Å². The average molecular weight is 244 g/mol. The van der Waals surface area contributed by atoms with E-state index in [1.807, 2.05) is 13.8 Å². The number of aromatic nitrogens is 2. The number of amides is 1. The largest absolute Gasteiger partial charge is 0.414 e. The molecule has 16 heavy (non-hydrogen) atoms.